The summed E-state index contributed by atoms with van der Waals surface area (Å²) in [5.41, 5.74) is 3.62. The molecule has 1 aliphatic heterocycles. The molecule has 1 fully saturated rings. The first-order chi connectivity index (χ1) is 10.2. The Hall–Kier alpha value is -1.61. The number of imidazole rings is 1. The third-order valence-electron chi connectivity index (χ3n) is 4.35. The quantitative estimate of drug-likeness (QED) is 0.897. The number of aromatic nitrogens is 2. The Morgan fingerprint density at radius 3 is 2.52 bits per heavy atom. The van der Waals surface area contributed by atoms with Crippen molar-refractivity contribution in [2.24, 2.45) is 5.92 Å². The molecule has 2 N–H and O–H groups in total. The highest BCUT2D eigenvalue weighted by molar-refractivity contribution is 5.62. The van der Waals surface area contributed by atoms with E-state index in [2.05, 4.69) is 54.5 Å². The highest BCUT2D eigenvalue weighted by atomic mass is 14.9. The van der Waals surface area contributed by atoms with Crippen LogP contribution in [-0.2, 0) is 6.42 Å². The predicted molar refractivity (Wildman–Crippen MR) is 87.4 cm³/mol. The summed E-state index contributed by atoms with van der Waals surface area (Å²) in [6, 6.07) is 10.5. The van der Waals surface area contributed by atoms with Crippen LogP contribution in [0, 0.1) is 5.92 Å². The summed E-state index contributed by atoms with van der Waals surface area (Å²) < 4.78 is 0. The van der Waals surface area contributed by atoms with Gasteiger partial charge in [0.15, 0.2) is 0 Å². The van der Waals surface area contributed by atoms with E-state index < -0.39 is 0 Å². The fraction of sp³-hybridized carbons (Fsp3) is 0.500. The summed E-state index contributed by atoms with van der Waals surface area (Å²) >= 11 is 0. The molecule has 3 rings (SSSR count). The molecule has 21 heavy (non-hydrogen) atoms. The van der Waals surface area contributed by atoms with Crippen molar-refractivity contribution in [2.75, 3.05) is 13.1 Å². The molecule has 0 spiro atoms. The number of rotatable bonds is 4. The maximum absolute atomic E-state index is 4.92. The molecule has 1 aliphatic rings. The fourth-order valence-electron chi connectivity index (χ4n) is 3.13. The second kappa shape index (κ2) is 6.44. The number of piperidine rings is 1. The van der Waals surface area contributed by atoms with E-state index in [0.717, 1.165) is 36.9 Å². The second-order valence-electron chi connectivity index (χ2n) is 6.36. The van der Waals surface area contributed by atoms with E-state index in [1.807, 2.05) is 0 Å². The van der Waals surface area contributed by atoms with Gasteiger partial charge in [-0.05, 0) is 37.8 Å². The molecule has 0 bridgehead atoms. The van der Waals surface area contributed by atoms with E-state index in [9.17, 15) is 0 Å². The zero-order valence-electron chi connectivity index (χ0n) is 13.0. The normalized spacial score (nSPS) is 16.5. The first kappa shape index (κ1) is 14.3. The molecule has 0 aliphatic carbocycles. The largest absolute Gasteiger partial charge is 0.345 e. The summed E-state index contributed by atoms with van der Waals surface area (Å²) in [6.45, 7) is 6.75. The molecule has 112 valence electrons. The van der Waals surface area contributed by atoms with Crippen molar-refractivity contribution in [1.29, 1.82) is 0 Å². The summed E-state index contributed by atoms with van der Waals surface area (Å²) in [4.78, 5) is 8.52. The second-order valence-corrected chi connectivity index (χ2v) is 6.36. The van der Waals surface area contributed by atoms with Gasteiger partial charge in [-0.15, -0.1) is 0 Å². The molecule has 0 atom stereocenters. The van der Waals surface area contributed by atoms with Gasteiger partial charge < -0.3 is 10.3 Å². The first-order valence-electron chi connectivity index (χ1n) is 8.09. The van der Waals surface area contributed by atoms with Crippen LogP contribution < -0.4 is 5.32 Å². The van der Waals surface area contributed by atoms with Crippen LogP contribution in [-0.4, -0.2) is 23.1 Å². The van der Waals surface area contributed by atoms with Gasteiger partial charge in [0, 0.05) is 17.7 Å². The minimum atomic E-state index is 0.467. The molecule has 0 radical (unpaired) electrons. The van der Waals surface area contributed by atoms with Gasteiger partial charge >= 0.3 is 0 Å². The van der Waals surface area contributed by atoms with Gasteiger partial charge in [0.25, 0.3) is 0 Å². The lowest BCUT2D eigenvalue weighted by Gasteiger charge is -2.21. The molecule has 1 aromatic heterocycles. The molecular weight excluding hydrogens is 258 g/mol. The van der Waals surface area contributed by atoms with Crippen molar-refractivity contribution in [3.05, 3.63) is 41.9 Å². The van der Waals surface area contributed by atoms with Crippen LogP contribution in [0.25, 0.3) is 11.3 Å². The van der Waals surface area contributed by atoms with Crippen molar-refractivity contribution in [1.82, 2.24) is 15.3 Å². The van der Waals surface area contributed by atoms with Crippen LogP contribution in [0.5, 0.6) is 0 Å². The summed E-state index contributed by atoms with van der Waals surface area (Å²) in [7, 11) is 0. The summed E-state index contributed by atoms with van der Waals surface area (Å²) in [5, 5.41) is 3.43. The van der Waals surface area contributed by atoms with Gasteiger partial charge in [-0.1, -0.05) is 44.2 Å². The van der Waals surface area contributed by atoms with Gasteiger partial charge in [0.2, 0.25) is 0 Å². The smallest absolute Gasteiger partial charge is 0.107 e. The molecule has 0 saturated carbocycles. The number of hydrogen-bond donors (Lipinski definition) is 2. The van der Waals surface area contributed by atoms with E-state index >= 15 is 0 Å². The summed E-state index contributed by atoms with van der Waals surface area (Å²) in [5.74, 6) is 2.39. The number of nitrogens with zero attached hydrogens (tertiary/aromatic N) is 1. The molecule has 0 amide bonds. The number of hydrogen-bond acceptors (Lipinski definition) is 2. The maximum Gasteiger partial charge on any atom is 0.107 e. The van der Waals surface area contributed by atoms with Crippen molar-refractivity contribution < 1.29 is 0 Å². The number of nitrogens with one attached hydrogen (secondary N) is 2. The standard InChI is InChI=1S/C18H25N3/c1-13(2)17-18(15-6-4-3-5-7-15)21-16(20-17)12-14-8-10-19-11-9-14/h3-7,13-14,19H,8-12H2,1-2H3,(H,20,21). The van der Waals surface area contributed by atoms with Crippen LogP contribution >= 0.6 is 0 Å². The molecule has 1 aromatic carbocycles. The van der Waals surface area contributed by atoms with Crippen molar-refractivity contribution in [2.45, 2.75) is 39.0 Å². The SMILES string of the molecule is CC(C)c1[nH]c(CC2CCNCC2)nc1-c1ccccc1. The zero-order chi connectivity index (χ0) is 14.7. The maximum atomic E-state index is 4.92. The topological polar surface area (TPSA) is 40.7 Å². The Balaban J connectivity index is 1.86. The monoisotopic (exact) mass is 283 g/mol. The van der Waals surface area contributed by atoms with Crippen molar-refractivity contribution >= 4 is 0 Å². The minimum absolute atomic E-state index is 0.467. The van der Waals surface area contributed by atoms with Crippen LogP contribution in [0.4, 0.5) is 0 Å². The summed E-state index contributed by atoms with van der Waals surface area (Å²) in [6.07, 6.45) is 3.60. The number of aromatic amines is 1. The lowest BCUT2D eigenvalue weighted by atomic mass is 9.94. The Morgan fingerprint density at radius 2 is 1.86 bits per heavy atom. The van der Waals surface area contributed by atoms with Gasteiger partial charge in [-0.25, -0.2) is 4.98 Å². The Morgan fingerprint density at radius 1 is 1.14 bits per heavy atom. The van der Waals surface area contributed by atoms with Crippen LogP contribution in [0.15, 0.2) is 30.3 Å². The highest BCUT2D eigenvalue weighted by Crippen LogP contribution is 2.28. The lowest BCUT2D eigenvalue weighted by Crippen LogP contribution is -2.28. The van der Waals surface area contributed by atoms with Gasteiger partial charge in [0.05, 0.1) is 5.69 Å². The number of H-pyrrole nitrogens is 1. The molecule has 3 nitrogen and oxygen atoms in total. The zero-order valence-corrected chi connectivity index (χ0v) is 13.0. The molecule has 3 heteroatoms. The van der Waals surface area contributed by atoms with Gasteiger partial charge in [-0.3, -0.25) is 0 Å². The van der Waals surface area contributed by atoms with Gasteiger partial charge in [0.1, 0.15) is 5.82 Å². The average molecular weight is 283 g/mol. The van der Waals surface area contributed by atoms with E-state index in [-0.39, 0.29) is 0 Å². The highest BCUT2D eigenvalue weighted by Gasteiger charge is 2.19. The van der Waals surface area contributed by atoms with Crippen molar-refractivity contribution in [3.8, 4) is 11.3 Å². The third-order valence-corrected chi connectivity index (χ3v) is 4.35. The van der Waals surface area contributed by atoms with E-state index in [4.69, 9.17) is 4.98 Å². The molecule has 2 aromatic rings. The van der Waals surface area contributed by atoms with E-state index in [0.29, 0.717) is 5.92 Å². The van der Waals surface area contributed by atoms with E-state index in [1.54, 1.807) is 0 Å². The van der Waals surface area contributed by atoms with E-state index in [1.165, 1.54) is 24.1 Å². The number of benzene rings is 1. The van der Waals surface area contributed by atoms with Gasteiger partial charge in [-0.2, -0.15) is 0 Å². The lowest BCUT2D eigenvalue weighted by molar-refractivity contribution is 0.368. The molecule has 0 unspecified atom stereocenters. The van der Waals surface area contributed by atoms with Crippen molar-refractivity contribution in [3.63, 3.8) is 0 Å². The Labute approximate surface area is 127 Å². The molecular formula is C18H25N3. The molecule has 1 saturated heterocycles. The predicted octanol–water partition coefficient (Wildman–Crippen LogP) is 3.74. The average Bonchev–Trinajstić information content (AvgIpc) is 2.93. The third kappa shape index (κ3) is 3.35. The fourth-order valence-corrected chi connectivity index (χ4v) is 3.13. The molecule has 2 heterocycles. The van der Waals surface area contributed by atoms with Crippen LogP contribution in [0.3, 0.4) is 0 Å². The van der Waals surface area contributed by atoms with Crippen LogP contribution in [0.1, 0.15) is 44.1 Å². The van der Waals surface area contributed by atoms with Crippen LogP contribution in [0.2, 0.25) is 0 Å². The minimum Gasteiger partial charge on any atom is -0.345 e. The first-order valence-corrected chi connectivity index (χ1v) is 8.09. The Bertz CT molecular complexity index is 565. The Kier molecular flexibility index (Phi) is 4.39.